The summed E-state index contributed by atoms with van der Waals surface area (Å²) in [6.45, 7) is 9.58. The molecule has 0 spiro atoms. The normalized spacial score (nSPS) is 12.2. The van der Waals surface area contributed by atoms with Gasteiger partial charge in [-0.2, -0.15) is 0 Å². The SMILES string of the molecule is CC(C)S(=O)(=O)c1ccc(-c2nnc(NC(=O)c3ccc(C(C)(C)C)cc3)o2)cc1. The van der Waals surface area contributed by atoms with E-state index in [1.807, 2.05) is 12.1 Å². The highest BCUT2D eigenvalue weighted by atomic mass is 32.2. The van der Waals surface area contributed by atoms with E-state index in [4.69, 9.17) is 4.42 Å². The number of carbonyl (C=O) groups is 1. The van der Waals surface area contributed by atoms with Crippen LogP contribution in [0.1, 0.15) is 50.5 Å². The van der Waals surface area contributed by atoms with Gasteiger partial charge in [0, 0.05) is 11.1 Å². The molecule has 7 nitrogen and oxygen atoms in total. The molecule has 3 rings (SSSR count). The molecular formula is C22H25N3O4S. The molecule has 0 saturated carbocycles. The maximum Gasteiger partial charge on any atom is 0.322 e. The summed E-state index contributed by atoms with van der Waals surface area (Å²) in [6, 6.07) is 13.5. The second kappa shape index (κ2) is 8.02. The van der Waals surface area contributed by atoms with Crippen molar-refractivity contribution in [2.24, 2.45) is 0 Å². The Kier molecular flexibility index (Phi) is 5.81. The molecule has 1 amide bonds. The van der Waals surface area contributed by atoms with Crippen LogP contribution < -0.4 is 5.32 Å². The molecule has 3 aromatic rings. The number of carbonyl (C=O) groups excluding carboxylic acids is 1. The lowest BCUT2D eigenvalue weighted by molar-refractivity contribution is 0.102. The number of benzene rings is 2. The Hall–Kier alpha value is -3.00. The highest BCUT2D eigenvalue weighted by molar-refractivity contribution is 7.92. The number of nitrogens with one attached hydrogen (secondary N) is 1. The average Bonchev–Trinajstić information content (AvgIpc) is 3.16. The number of amides is 1. The van der Waals surface area contributed by atoms with Crippen LogP contribution in [0.15, 0.2) is 57.8 Å². The number of hydrogen-bond acceptors (Lipinski definition) is 6. The van der Waals surface area contributed by atoms with E-state index in [1.54, 1.807) is 38.1 Å². The van der Waals surface area contributed by atoms with Gasteiger partial charge in [0.25, 0.3) is 5.91 Å². The number of aromatic nitrogens is 2. The Morgan fingerprint density at radius 2 is 1.57 bits per heavy atom. The maximum absolute atomic E-state index is 12.4. The van der Waals surface area contributed by atoms with Crippen LogP contribution in [-0.2, 0) is 15.3 Å². The molecule has 0 aliphatic heterocycles. The fraction of sp³-hybridized carbons (Fsp3) is 0.318. The van der Waals surface area contributed by atoms with E-state index in [2.05, 4.69) is 36.3 Å². The zero-order valence-electron chi connectivity index (χ0n) is 17.6. The van der Waals surface area contributed by atoms with E-state index in [1.165, 1.54) is 12.1 Å². The van der Waals surface area contributed by atoms with E-state index < -0.39 is 15.1 Å². The Bertz CT molecular complexity index is 1140. The molecule has 0 atom stereocenters. The van der Waals surface area contributed by atoms with Gasteiger partial charge in [0.05, 0.1) is 10.1 Å². The predicted molar refractivity (Wildman–Crippen MR) is 115 cm³/mol. The van der Waals surface area contributed by atoms with Crippen molar-refractivity contribution in [3.05, 3.63) is 59.7 Å². The van der Waals surface area contributed by atoms with Gasteiger partial charge in [0.1, 0.15) is 0 Å². The third kappa shape index (κ3) is 4.59. The van der Waals surface area contributed by atoms with E-state index >= 15 is 0 Å². The van der Waals surface area contributed by atoms with E-state index in [0.29, 0.717) is 11.1 Å². The first-order chi connectivity index (χ1) is 14.0. The number of rotatable bonds is 5. The molecule has 158 valence electrons. The first-order valence-corrected chi connectivity index (χ1v) is 11.1. The maximum atomic E-state index is 12.4. The van der Waals surface area contributed by atoms with Crippen molar-refractivity contribution >= 4 is 21.8 Å². The molecule has 0 aliphatic carbocycles. The molecule has 1 aromatic heterocycles. The van der Waals surface area contributed by atoms with Crippen LogP contribution >= 0.6 is 0 Å². The van der Waals surface area contributed by atoms with Crippen molar-refractivity contribution in [1.29, 1.82) is 0 Å². The summed E-state index contributed by atoms with van der Waals surface area (Å²) in [5.74, 6) is -0.175. The molecule has 0 saturated heterocycles. The van der Waals surface area contributed by atoms with Gasteiger partial charge in [-0.1, -0.05) is 38.0 Å². The third-order valence-electron chi connectivity index (χ3n) is 4.71. The van der Waals surface area contributed by atoms with Gasteiger partial charge in [-0.15, -0.1) is 5.10 Å². The van der Waals surface area contributed by atoms with Crippen LogP contribution in [0.2, 0.25) is 0 Å². The zero-order valence-corrected chi connectivity index (χ0v) is 18.4. The summed E-state index contributed by atoms with van der Waals surface area (Å²) in [5, 5.41) is 9.85. The van der Waals surface area contributed by atoms with Crippen molar-refractivity contribution in [2.45, 2.75) is 50.2 Å². The summed E-state index contributed by atoms with van der Waals surface area (Å²) >= 11 is 0. The lowest BCUT2D eigenvalue weighted by atomic mass is 9.87. The van der Waals surface area contributed by atoms with Crippen molar-refractivity contribution < 1.29 is 17.6 Å². The highest BCUT2D eigenvalue weighted by Gasteiger charge is 2.20. The second-order valence-electron chi connectivity index (χ2n) is 8.31. The number of anilines is 1. The molecule has 0 fully saturated rings. The quantitative estimate of drug-likeness (QED) is 0.645. The van der Waals surface area contributed by atoms with Gasteiger partial charge >= 0.3 is 6.01 Å². The molecule has 30 heavy (non-hydrogen) atoms. The molecular weight excluding hydrogens is 402 g/mol. The summed E-state index contributed by atoms with van der Waals surface area (Å²) in [6.07, 6.45) is 0. The van der Waals surface area contributed by atoms with Gasteiger partial charge in [0.2, 0.25) is 5.89 Å². The van der Waals surface area contributed by atoms with Crippen molar-refractivity contribution in [3.63, 3.8) is 0 Å². The fourth-order valence-corrected chi connectivity index (χ4v) is 3.80. The standard InChI is InChI=1S/C22H25N3O4S/c1-14(2)30(27,28)18-12-8-16(9-13-18)20-24-25-21(29-20)23-19(26)15-6-10-17(11-7-15)22(3,4)5/h6-14H,1-5H3,(H,23,25,26). The van der Waals surface area contributed by atoms with Crippen molar-refractivity contribution in [2.75, 3.05) is 5.32 Å². The van der Waals surface area contributed by atoms with Gasteiger partial charge in [0.15, 0.2) is 9.84 Å². The Morgan fingerprint density at radius 3 is 2.10 bits per heavy atom. The predicted octanol–water partition coefficient (Wildman–Crippen LogP) is 4.47. The molecule has 0 unspecified atom stereocenters. The Morgan fingerprint density at radius 1 is 0.967 bits per heavy atom. The minimum absolute atomic E-state index is 0.000441. The van der Waals surface area contributed by atoms with Crippen molar-refractivity contribution in [3.8, 4) is 11.5 Å². The molecule has 0 radical (unpaired) electrons. The third-order valence-corrected chi connectivity index (χ3v) is 6.88. The van der Waals surface area contributed by atoms with Crippen LogP contribution in [0.3, 0.4) is 0 Å². The smallest absolute Gasteiger partial charge is 0.322 e. The van der Waals surface area contributed by atoms with Gasteiger partial charge in [-0.05, 0) is 61.2 Å². The van der Waals surface area contributed by atoms with Gasteiger partial charge in [-0.3, -0.25) is 10.1 Å². The molecule has 0 bridgehead atoms. The first-order valence-electron chi connectivity index (χ1n) is 9.58. The molecule has 2 aromatic carbocycles. The second-order valence-corrected chi connectivity index (χ2v) is 10.8. The van der Waals surface area contributed by atoms with Crippen LogP contribution in [-0.4, -0.2) is 29.8 Å². The lowest BCUT2D eigenvalue weighted by Crippen LogP contribution is -2.14. The van der Waals surface area contributed by atoms with Crippen molar-refractivity contribution in [1.82, 2.24) is 10.2 Å². The largest absolute Gasteiger partial charge is 0.403 e. The number of sulfone groups is 1. The van der Waals surface area contributed by atoms with Gasteiger partial charge < -0.3 is 4.42 Å². The highest BCUT2D eigenvalue weighted by Crippen LogP contribution is 2.25. The average molecular weight is 428 g/mol. The molecule has 0 aliphatic rings. The topological polar surface area (TPSA) is 102 Å². The number of nitrogens with zero attached hydrogens (tertiary/aromatic N) is 2. The van der Waals surface area contributed by atoms with Crippen LogP contribution in [0.25, 0.3) is 11.5 Å². The molecule has 1 heterocycles. The zero-order chi connectivity index (χ0) is 22.1. The Labute approximate surface area is 176 Å². The summed E-state index contributed by atoms with van der Waals surface area (Å²) in [4.78, 5) is 12.7. The summed E-state index contributed by atoms with van der Waals surface area (Å²) in [7, 11) is -3.35. The van der Waals surface area contributed by atoms with Crippen LogP contribution in [0, 0.1) is 0 Å². The summed E-state index contributed by atoms with van der Waals surface area (Å²) in [5.41, 5.74) is 2.16. The van der Waals surface area contributed by atoms with Gasteiger partial charge in [-0.25, -0.2) is 8.42 Å². The molecule has 8 heteroatoms. The van der Waals surface area contributed by atoms with E-state index in [0.717, 1.165) is 5.56 Å². The monoisotopic (exact) mass is 427 g/mol. The van der Waals surface area contributed by atoms with E-state index in [9.17, 15) is 13.2 Å². The lowest BCUT2D eigenvalue weighted by Gasteiger charge is -2.18. The minimum atomic E-state index is -3.35. The fourth-order valence-electron chi connectivity index (χ4n) is 2.74. The van der Waals surface area contributed by atoms with E-state index in [-0.39, 0.29) is 28.1 Å². The number of hydrogen-bond donors (Lipinski definition) is 1. The van der Waals surface area contributed by atoms with Crippen LogP contribution in [0.5, 0.6) is 0 Å². The summed E-state index contributed by atoms with van der Waals surface area (Å²) < 4.78 is 29.9. The molecule has 1 N–H and O–H groups in total. The van der Waals surface area contributed by atoms with Crippen LogP contribution in [0.4, 0.5) is 6.01 Å². The Balaban J connectivity index is 1.73. The first kappa shape index (κ1) is 21.7. The minimum Gasteiger partial charge on any atom is -0.403 e.